The van der Waals surface area contributed by atoms with Crippen LogP contribution in [-0.2, 0) is 0 Å². The van der Waals surface area contributed by atoms with E-state index in [2.05, 4.69) is 22.5 Å². The van der Waals surface area contributed by atoms with E-state index in [0.29, 0.717) is 17.8 Å². The fourth-order valence-corrected chi connectivity index (χ4v) is 1.69. The number of benzene rings is 1. The molecule has 1 rings (SSSR count). The summed E-state index contributed by atoms with van der Waals surface area (Å²) in [7, 11) is 0. The standard InChI is InChI=1S/C16H23N3O2/c1-5-9-17-16(21)19-14-8-7-13(10-11(14)3)15(20)18-12(4)6-2/h5,7-8,10,12H,1,6,9H2,2-4H3,(H,18,20)(H2,17,19,21). The van der Waals surface area contributed by atoms with Crippen molar-refractivity contribution >= 4 is 17.6 Å². The molecule has 1 aromatic carbocycles. The van der Waals surface area contributed by atoms with Crippen molar-refractivity contribution in [3.05, 3.63) is 42.0 Å². The van der Waals surface area contributed by atoms with Crippen LogP contribution in [0.25, 0.3) is 0 Å². The molecule has 0 fully saturated rings. The Morgan fingerprint density at radius 2 is 2.10 bits per heavy atom. The van der Waals surface area contributed by atoms with Gasteiger partial charge in [-0.3, -0.25) is 4.79 Å². The highest BCUT2D eigenvalue weighted by Gasteiger charge is 2.11. The van der Waals surface area contributed by atoms with Gasteiger partial charge in [0.2, 0.25) is 0 Å². The minimum Gasteiger partial charge on any atom is -0.350 e. The van der Waals surface area contributed by atoms with Gasteiger partial charge in [-0.05, 0) is 44.0 Å². The SMILES string of the molecule is C=CCNC(=O)Nc1ccc(C(=O)NC(C)CC)cc1C. The summed E-state index contributed by atoms with van der Waals surface area (Å²) in [5.41, 5.74) is 2.10. The predicted octanol–water partition coefficient (Wildman–Crippen LogP) is 2.83. The molecule has 0 aliphatic heterocycles. The molecule has 0 saturated carbocycles. The van der Waals surface area contributed by atoms with Gasteiger partial charge in [-0.2, -0.15) is 0 Å². The summed E-state index contributed by atoms with van der Waals surface area (Å²) in [5, 5.41) is 8.28. The molecule has 114 valence electrons. The van der Waals surface area contributed by atoms with E-state index in [1.807, 2.05) is 20.8 Å². The molecule has 1 aromatic rings. The zero-order valence-electron chi connectivity index (χ0n) is 12.8. The molecule has 5 heteroatoms. The number of anilines is 1. The normalized spacial score (nSPS) is 11.4. The van der Waals surface area contributed by atoms with Gasteiger partial charge in [0.05, 0.1) is 0 Å². The first-order valence-electron chi connectivity index (χ1n) is 7.05. The highest BCUT2D eigenvalue weighted by Crippen LogP contribution is 2.16. The van der Waals surface area contributed by atoms with Crippen LogP contribution >= 0.6 is 0 Å². The van der Waals surface area contributed by atoms with Gasteiger partial charge in [-0.25, -0.2) is 4.79 Å². The lowest BCUT2D eigenvalue weighted by atomic mass is 10.1. The third-order valence-corrected chi connectivity index (χ3v) is 3.13. The van der Waals surface area contributed by atoms with E-state index in [1.54, 1.807) is 24.3 Å². The smallest absolute Gasteiger partial charge is 0.319 e. The number of nitrogens with one attached hydrogen (secondary N) is 3. The van der Waals surface area contributed by atoms with Crippen LogP contribution in [0.15, 0.2) is 30.9 Å². The molecule has 0 bridgehead atoms. The van der Waals surface area contributed by atoms with Crippen LogP contribution in [0.5, 0.6) is 0 Å². The summed E-state index contributed by atoms with van der Waals surface area (Å²) in [6.45, 7) is 9.77. The lowest BCUT2D eigenvalue weighted by molar-refractivity contribution is 0.0939. The highest BCUT2D eigenvalue weighted by molar-refractivity contribution is 5.96. The van der Waals surface area contributed by atoms with E-state index < -0.39 is 0 Å². The lowest BCUT2D eigenvalue weighted by Gasteiger charge is -2.13. The Morgan fingerprint density at radius 3 is 2.67 bits per heavy atom. The summed E-state index contributed by atoms with van der Waals surface area (Å²) >= 11 is 0. The third kappa shape index (κ3) is 5.30. The first-order valence-corrected chi connectivity index (χ1v) is 7.05. The van der Waals surface area contributed by atoms with Crippen molar-refractivity contribution in [2.45, 2.75) is 33.2 Å². The summed E-state index contributed by atoms with van der Waals surface area (Å²) in [6.07, 6.45) is 2.49. The van der Waals surface area contributed by atoms with E-state index in [9.17, 15) is 9.59 Å². The first-order chi connectivity index (χ1) is 9.97. The van der Waals surface area contributed by atoms with Crippen LogP contribution < -0.4 is 16.0 Å². The molecule has 0 aromatic heterocycles. The average Bonchev–Trinajstić information content (AvgIpc) is 2.46. The van der Waals surface area contributed by atoms with E-state index in [1.165, 1.54) is 0 Å². The Morgan fingerprint density at radius 1 is 1.38 bits per heavy atom. The summed E-state index contributed by atoms with van der Waals surface area (Å²) < 4.78 is 0. The van der Waals surface area contributed by atoms with Crippen molar-refractivity contribution in [3.8, 4) is 0 Å². The zero-order valence-corrected chi connectivity index (χ0v) is 12.8. The molecule has 1 atom stereocenters. The molecule has 0 saturated heterocycles. The molecule has 0 spiro atoms. The van der Waals surface area contributed by atoms with Gasteiger partial charge >= 0.3 is 6.03 Å². The molecular weight excluding hydrogens is 266 g/mol. The van der Waals surface area contributed by atoms with Crippen molar-refractivity contribution in [3.63, 3.8) is 0 Å². The zero-order chi connectivity index (χ0) is 15.8. The Hall–Kier alpha value is -2.30. The van der Waals surface area contributed by atoms with Gasteiger partial charge < -0.3 is 16.0 Å². The highest BCUT2D eigenvalue weighted by atomic mass is 16.2. The molecule has 0 radical (unpaired) electrons. The number of aryl methyl sites for hydroxylation is 1. The van der Waals surface area contributed by atoms with Crippen molar-refractivity contribution < 1.29 is 9.59 Å². The van der Waals surface area contributed by atoms with Gasteiger partial charge in [-0.1, -0.05) is 13.0 Å². The Labute approximate surface area is 125 Å². The molecule has 0 aliphatic rings. The van der Waals surface area contributed by atoms with E-state index in [0.717, 1.165) is 12.0 Å². The van der Waals surface area contributed by atoms with Gasteiger partial charge in [0.15, 0.2) is 0 Å². The van der Waals surface area contributed by atoms with Gasteiger partial charge in [0.1, 0.15) is 0 Å². The van der Waals surface area contributed by atoms with Crippen LogP contribution in [-0.4, -0.2) is 24.5 Å². The maximum atomic E-state index is 12.0. The molecule has 1 unspecified atom stereocenters. The second-order valence-electron chi connectivity index (χ2n) is 4.94. The van der Waals surface area contributed by atoms with Crippen LogP contribution in [0.4, 0.5) is 10.5 Å². The van der Waals surface area contributed by atoms with E-state index >= 15 is 0 Å². The molecule has 3 amide bonds. The van der Waals surface area contributed by atoms with Crippen LogP contribution in [0, 0.1) is 6.92 Å². The second-order valence-corrected chi connectivity index (χ2v) is 4.94. The quantitative estimate of drug-likeness (QED) is 0.705. The van der Waals surface area contributed by atoms with E-state index in [-0.39, 0.29) is 18.0 Å². The monoisotopic (exact) mass is 289 g/mol. The Kier molecular flexibility index (Phi) is 6.46. The number of hydrogen-bond acceptors (Lipinski definition) is 2. The van der Waals surface area contributed by atoms with Crippen LogP contribution in [0.2, 0.25) is 0 Å². The average molecular weight is 289 g/mol. The fraction of sp³-hybridized carbons (Fsp3) is 0.375. The molecule has 0 heterocycles. The molecule has 21 heavy (non-hydrogen) atoms. The number of amides is 3. The van der Waals surface area contributed by atoms with E-state index in [4.69, 9.17) is 0 Å². The van der Waals surface area contributed by atoms with Gasteiger partial charge in [-0.15, -0.1) is 6.58 Å². The maximum absolute atomic E-state index is 12.0. The number of carbonyl (C=O) groups is 2. The minimum absolute atomic E-state index is 0.102. The molecule has 5 nitrogen and oxygen atoms in total. The van der Waals surface area contributed by atoms with Crippen molar-refractivity contribution in [1.29, 1.82) is 0 Å². The first kappa shape index (κ1) is 16.8. The predicted molar refractivity (Wildman–Crippen MR) is 85.6 cm³/mol. The van der Waals surface area contributed by atoms with Crippen molar-refractivity contribution in [2.75, 3.05) is 11.9 Å². The van der Waals surface area contributed by atoms with Crippen molar-refractivity contribution in [1.82, 2.24) is 10.6 Å². The van der Waals surface area contributed by atoms with Crippen molar-refractivity contribution in [2.24, 2.45) is 0 Å². The number of carbonyl (C=O) groups excluding carboxylic acids is 2. The third-order valence-electron chi connectivity index (χ3n) is 3.13. The molecule has 3 N–H and O–H groups in total. The summed E-state index contributed by atoms with van der Waals surface area (Å²) in [5.74, 6) is -0.102. The summed E-state index contributed by atoms with van der Waals surface area (Å²) in [6, 6.07) is 5.04. The molecule has 0 aliphatic carbocycles. The van der Waals surface area contributed by atoms with Crippen LogP contribution in [0.3, 0.4) is 0 Å². The Balaban J connectivity index is 2.73. The van der Waals surface area contributed by atoms with Gasteiger partial charge in [0, 0.05) is 23.8 Å². The Bertz CT molecular complexity index is 526. The fourth-order valence-electron chi connectivity index (χ4n) is 1.69. The summed E-state index contributed by atoms with van der Waals surface area (Å²) in [4.78, 5) is 23.6. The van der Waals surface area contributed by atoms with Crippen LogP contribution in [0.1, 0.15) is 36.2 Å². The maximum Gasteiger partial charge on any atom is 0.319 e. The lowest BCUT2D eigenvalue weighted by Crippen LogP contribution is -2.32. The second kappa shape index (κ2) is 8.09. The largest absolute Gasteiger partial charge is 0.350 e. The van der Waals surface area contributed by atoms with Gasteiger partial charge in [0.25, 0.3) is 5.91 Å². The number of rotatable bonds is 6. The number of urea groups is 1. The minimum atomic E-state index is -0.296. The molecular formula is C16H23N3O2. The number of hydrogen-bond donors (Lipinski definition) is 3. The topological polar surface area (TPSA) is 70.2 Å².